The Balaban J connectivity index is 2.16. The molecule has 0 aromatic heterocycles. The first kappa shape index (κ1) is 17.8. The molecule has 1 fully saturated rings. The number of piperidine rings is 1. The lowest BCUT2D eigenvalue weighted by Crippen LogP contribution is -2.50. The van der Waals surface area contributed by atoms with Gasteiger partial charge < -0.3 is 20.1 Å². The molecule has 1 aromatic carbocycles. The van der Waals surface area contributed by atoms with Crippen LogP contribution in [0.2, 0.25) is 0 Å². The van der Waals surface area contributed by atoms with Crippen LogP contribution in [-0.2, 0) is 4.79 Å². The van der Waals surface area contributed by atoms with Crippen molar-refractivity contribution >= 4 is 11.8 Å². The molecule has 2 N–H and O–H groups in total. The predicted molar refractivity (Wildman–Crippen MR) is 73.2 cm³/mol. The van der Waals surface area contributed by atoms with Crippen LogP contribution in [0.1, 0.15) is 23.2 Å². The van der Waals surface area contributed by atoms with Crippen LogP contribution in [0.25, 0.3) is 0 Å². The second kappa shape index (κ2) is 7.84. The van der Waals surface area contributed by atoms with Gasteiger partial charge in [-0.05, 0) is 31.0 Å². The van der Waals surface area contributed by atoms with E-state index in [1.54, 1.807) is 0 Å². The largest absolute Gasteiger partial charge is 0.431 e. The third-order valence-corrected chi connectivity index (χ3v) is 3.23. The van der Waals surface area contributed by atoms with E-state index in [1.165, 1.54) is 0 Å². The maximum atomic E-state index is 12.4. The van der Waals surface area contributed by atoms with Gasteiger partial charge in [0, 0.05) is 12.1 Å². The maximum absolute atomic E-state index is 12.4. The van der Waals surface area contributed by atoms with Crippen LogP contribution >= 0.6 is 0 Å². The summed E-state index contributed by atoms with van der Waals surface area (Å²) in [6.45, 7) is -6.01. The highest BCUT2D eigenvalue weighted by molar-refractivity contribution is 5.98. The fraction of sp³-hybridized carbons (Fsp3) is 0.429. The van der Waals surface area contributed by atoms with Crippen molar-refractivity contribution in [1.29, 1.82) is 0 Å². The highest BCUT2D eigenvalue weighted by Crippen LogP contribution is 2.31. The van der Waals surface area contributed by atoms with Crippen molar-refractivity contribution in [3.8, 4) is 11.5 Å². The van der Waals surface area contributed by atoms with Crippen LogP contribution in [0.5, 0.6) is 11.5 Å². The van der Waals surface area contributed by atoms with Gasteiger partial charge in [-0.25, -0.2) is 0 Å². The molecule has 2 amide bonds. The number of nitrogens with one attached hydrogen (secondary N) is 2. The Hall–Kier alpha value is -2.52. The smallest absolute Gasteiger partial charge is 0.387 e. The summed E-state index contributed by atoms with van der Waals surface area (Å²) in [5.41, 5.74) is -0.134. The van der Waals surface area contributed by atoms with Crippen molar-refractivity contribution in [2.75, 3.05) is 6.54 Å². The Morgan fingerprint density at radius 1 is 1.17 bits per heavy atom. The van der Waals surface area contributed by atoms with Crippen LogP contribution < -0.4 is 20.1 Å². The molecule has 0 saturated carbocycles. The first-order valence-electron chi connectivity index (χ1n) is 6.99. The summed E-state index contributed by atoms with van der Waals surface area (Å²) in [6, 6.07) is 2.12. The zero-order chi connectivity index (χ0) is 17.7. The van der Waals surface area contributed by atoms with E-state index in [4.69, 9.17) is 0 Å². The monoisotopic (exact) mass is 350 g/mol. The number of ether oxygens (including phenoxy) is 2. The van der Waals surface area contributed by atoms with Crippen molar-refractivity contribution in [1.82, 2.24) is 10.6 Å². The number of carbonyl (C=O) groups excluding carboxylic acids is 2. The summed E-state index contributed by atoms with van der Waals surface area (Å²) in [4.78, 5) is 23.7. The molecule has 1 atom stereocenters. The number of alkyl halides is 4. The van der Waals surface area contributed by atoms with Crippen molar-refractivity contribution in [2.45, 2.75) is 32.1 Å². The summed E-state index contributed by atoms with van der Waals surface area (Å²) >= 11 is 0. The number of carbonyl (C=O) groups is 2. The van der Waals surface area contributed by atoms with Crippen LogP contribution in [0.3, 0.4) is 0 Å². The van der Waals surface area contributed by atoms with E-state index in [-0.39, 0.29) is 11.5 Å². The zero-order valence-corrected chi connectivity index (χ0v) is 12.2. The number of benzene rings is 1. The predicted octanol–water partition coefficient (Wildman–Crippen LogP) is 1.90. The summed E-state index contributed by atoms with van der Waals surface area (Å²) in [7, 11) is 0. The molecule has 1 aliphatic rings. The molecule has 0 aliphatic carbocycles. The molecule has 0 unspecified atom stereocenters. The Labute approximate surface area is 134 Å². The number of rotatable bonds is 6. The Morgan fingerprint density at radius 2 is 1.83 bits per heavy atom. The first-order chi connectivity index (χ1) is 11.4. The van der Waals surface area contributed by atoms with Crippen molar-refractivity contribution < 1.29 is 36.6 Å². The molecule has 10 heteroatoms. The van der Waals surface area contributed by atoms with Gasteiger partial charge in [-0.1, -0.05) is 0 Å². The number of amides is 2. The molecule has 0 radical (unpaired) electrons. The highest BCUT2D eigenvalue weighted by atomic mass is 19.3. The zero-order valence-electron chi connectivity index (χ0n) is 12.2. The van der Waals surface area contributed by atoms with Gasteiger partial charge in [0.1, 0.15) is 6.04 Å². The van der Waals surface area contributed by atoms with E-state index in [1.807, 2.05) is 0 Å². The third-order valence-electron chi connectivity index (χ3n) is 3.23. The molecule has 6 nitrogen and oxygen atoms in total. The number of hydrogen-bond acceptors (Lipinski definition) is 4. The van der Waals surface area contributed by atoms with Crippen LogP contribution in [0.4, 0.5) is 17.6 Å². The third kappa shape index (κ3) is 4.74. The van der Waals surface area contributed by atoms with Crippen molar-refractivity contribution in [2.24, 2.45) is 0 Å². The second-order valence-corrected chi connectivity index (χ2v) is 4.88. The fourth-order valence-corrected chi connectivity index (χ4v) is 2.18. The highest BCUT2D eigenvalue weighted by Gasteiger charge is 2.25. The summed E-state index contributed by atoms with van der Waals surface area (Å²) < 4.78 is 57.4. The summed E-state index contributed by atoms with van der Waals surface area (Å²) in [5, 5.41) is 5.02. The van der Waals surface area contributed by atoms with E-state index in [0.717, 1.165) is 18.2 Å². The van der Waals surface area contributed by atoms with Crippen LogP contribution in [-0.4, -0.2) is 37.6 Å². The Kier molecular flexibility index (Phi) is 5.83. The normalized spacial score (nSPS) is 17.6. The van der Waals surface area contributed by atoms with Crippen molar-refractivity contribution in [3.63, 3.8) is 0 Å². The van der Waals surface area contributed by atoms with E-state index in [9.17, 15) is 27.2 Å². The molecule has 1 heterocycles. The minimum absolute atomic E-state index is 0.134. The molecule has 1 aliphatic heterocycles. The first-order valence-corrected chi connectivity index (χ1v) is 6.99. The number of halogens is 4. The molecular weight excluding hydrogens is 336 g/mol. The molecule has 24 heavy (non-hydrogen) atoms. The van der Waals surface area contributed by atoms with E-state index in [0.29, 0.717) is 19.4 Å². The van der Waals surface area contributed by atoms with E-state index in [2.05, 4.69) is 20.1 Å². The summed E-state index contributed by atoms with van der Waals surface area (Å²) in [6.07, 6.45) is 1.11. The minimum atomic E-state index is -3.28. The van der Waals surface area contributed by atoms with Gasteiger partial charge in [0.2, 0.25) is 5.91 Å². The van der Waals surface area contributed by atoms with Gasteiger partial charge in [-0.2, -0.15) is 17.6 Å². The minimum Gasteiger partial charge on any atom is -0.431 e. The average molecular weight is 350 g/mol. The lowest BCUT2D eigenvalue weighted by atomic mass is 10.1. The molecule has 2 rings (SSSR count). The maximum Gasteiger partial charge on any atom is 0.387 e. The van der Waals surface area contributed by atoms with Gasteiger partial charge in [-0.15, -0.1) is 0 Å². The van der Waals surface area contributed by atoms with Crippen molar-refractivity contribution in [3.05, 3.63) is 23.8 Å². The molecule has 132 valence electrons. The molecule has 0 spiro atoms. The SMILES string of the molecule is O=C(N[C@H]1CCCNC1=O)c1ccc(OC(F)F)c(OC(F)F)c1. The van der Waals surface area contributed by atoms with Crippen LogP contribution in [0.15, 0.2) is 18.2 Å². The van der Waals surface area contributed by atoms with E-state index >= 15 is 0 Å². The van der Waals surface area contributed by atoms with Gasteiger partial charge in [0.05, 0.1) is 0 Å². The molecular formula is C14H14F4N2O4. The fourth-order valence-electron chi connectivity index (χ4n) is 2.18. The molecule has 1 saturated heterocycles. The van der Waals surface area contributed by atoms with Crippen LogP contribution in [0, 0.1) is 0 Å². The van der Waals surface area contributed by atoms with E-state index < -0.39 is 36.7 Å². The quantitative estimate of drug-likeness (QED) is 0.769. The standard InChI is InChI=1S/C14H14F4N2O4/c15-13(16)23-9-4-3-7(6-10(9)24-14(17)18)11(21)20-8-2-1-5-19-12(8)22/h3-4,6,8,13-14H,1-2,5H2,(H,19,22)(H,20,21)/t8-/m0/s1. The van der Waals surface area contributed by atoms with Gasteiger partial charge in [0.15, 0.2) is 11.5 Å². The van der Waals surface area contributed by atoms with Gasteiger partial charge in [-0.3, -0.25) is 9.59 Å². The Morgan fingerprint density at radius 3 is 2.46 bits per heavy atom. The average Bonchev–Trinajstić information content (AvgIpc) is 2.50. The van der Waals surface area contributed by atoms with Gasteiger partial charge in [0.25, 0.3) is 5.91 Å². The second-order valence-electron chi connectivity index (χ2n) is 4.88. The molecule has 1 aromatic rings. The van der Waals surface area contributed by atoms with Gasteiger partial charge >= 0.3 is 13.2 Å². The molecule has 0 bridgehead atoms. The number of hydrogen-bond donors (Lipinski definition) is 2. The Bertz CT molecular complexity index is 612. The topological polar surface area (TPSA) is 76.7 Å². The lowest BCUT2D eigenvalue weighted by molar-refractivity contribution is -0.124. The lowest BCUT2D eigenvalue weighted by Gasteiger charge is -2.23. The summed E-state index contributed by atoms with van der Waals surface area (Å²) in [5.74, 6) is -2.40.